The van der Waals surface area contributed by atoms with Crippen LogP contribution in [0.2, 0.25) is 0 Å². The maximum Gasteiger partial charge on any atom is 0.327 e. The Morgan fingerprint density at radius 1 is 1.00 bits per heavy atom. The quantitative estimate of drug-likeness (QED) is 0.624. The zero-order valence-electron chi connectivity index (χ0n) is 10.6. The highest BCUT2D eigenvalue weighted by molar-refractivity contribution is 4.79. The van der Waals surface area contributed by atoms with Gasteiger partial charge in [-0.15, -0.1) is 0 Å². The fourth-order valence-corrected chi connectivity index (χ4v) is 1.92. The predicted molar refractivity (Wildman–Crippen MR) is 67.7 cm³/mol. The maximum absolute atomic E-state index is 11.5. The summed E-state index contributed by atoms with van der Waals surface area (Å²) >= 11 is 0. The smallest absolute Gasteiger partial charge is 0.302 e. The van der Waals surface area contributed by atoms with Crippen molar-refractivity contribution in [3.05, 3.63) is 22.9 Å². The number of nitrogens with zero attached hydrogens (tertiary/aromatic N) is 2. The number of imidazole rings is 1. The van der Waals surface area contributed by atoms with Crippen molar-refractivity contribution in [2.45, 2.75) is 58.4 Å². The first-order valence-corrected chi connectivity index (χ1v) is 6.47. The molecule has 0 radical (unpaired) electrons. The highest BCUT2D eigenvalue weighted by Gasteiger charge is 1.98. The van der Waals surface area contributed by atoms with E-state index in [-0.39, 0.29) is 5.69 Å². The molecular weight excluding hydrogens is 200 g/mol. The topological polar surface area (TPSA) is 26.9 Å². The van der Waals surface area contributed by atoms with Gasteiger partial charge in [-0.25, -0.2) is 4.79 Å². The van der Waals surface area contributed by atoms with E-state index < -0.39 is 0 Å². The van der Waals surface area contributed by atoms with E-state index in [1.54, 1.807) is 16.2 Å². The van der Waals surface area contributed by atoms with E-state index in [0.717, 1.165) is 13.0 Å². The van der Waals surface area contributed by atoms with Crippen LogP contribution in [0.1, 0.15) is 51.9 Å². The van der Waals surface area contributed by atoms with Crippen molar-refractivity contribution in [3.8, 4) is 0 Å². The largest absolute Gasteiger partial charge is 0.327 e. The number of aryl methyl sites for hydroxylation is 2. The Morgan fingerprint density at radius 3 is 2.19 bits per heavy atom. The van der Waals surface area contributed by atoms with Crippen LogP contribution in [0.4, 0.5) is 0 Å². The van der Waals surface area contributed by atoms with Crippen molar-refractivity contribution in [1.29, 1.82) is 0 Å². The summed E-state index contributed by atoms with van der Waals surface area (Å²) < 4.78 is 3.42. The van der Waals surface area contributed by atoms with Gasteiger partial charge in [0, 0.05) is 26.0 Å². The van der Waals surface area contributed by atoms with Gasteiger partial charge in [-0.3, -0.25) is 4.57 Å². The van der Waals surface area contributed by atoms with Crippen molar-refractivity contribution >= 4 is 0 Å². The first-order valence-electron chi connectivity index (χ1n) is 6.47. The average Bonchev–Trinajstić information content (AvgIpc) is 2.59. The molecule has 1 aromatic rings. The molecule has 0 atom stereocenters. The second kappa shape index (κ2) is 7.31. The molecule has 0 aliphatic rings. The van der Waals surface area contributed by atoms with Crippen LogP contribution in [0.5, 0.6) is 0 Å². The molecule has 1 aromatic heterocycles. The van der Waals surface area contributed by atoms with Crippen LogP contribution < -0.4 is 5.69 Å². The molecule has 0 N–H and O–H groups in total. The molecule has 0 unspecified atom stereocenters. The lowest BCUT2D eigenvalue weighted by Gasteiger charge is -2.02. The van der Waals surface area contributed by atoms with Gasteiger partial charge in [0.25, 0.3) is 0 Å². The molecule has 0 aromatic carbocycles. The number of hydrogen-bond donors (Lipinski definition) is 0. The van der Waals surface area contributed by atoms with Crippen LogP contribution in [0, 0.1) is 0 Å². The van der Waals surface area contributed by atoms with E-state index in [1.165, 1.54) is 38.5 Å². The van der Waals surface area contributed by atoms with Crippen molar-refractivity contribution < 1.29 is 0 Å². The molecule has 0 spiro atoms. The Balaban J connectivity index is 2.07. The van der Waals surface area contributed by atoms with E-state index in [0.29, 0.717) is 0 Å². The van der Waals surface area contributed by atoms with Crippen molar-refractivity contribution in [2.75, 3.05) is 0 Å². The molecule has 3 nitrogen and oxygen atoms in total. The van der Waals surface area contributed by atoms with Crippen LogP contribution in [0.15, 0.2) is 17.2 Å². The SMILES string of the molecule is CCCCCCCCCn1ccn(C)c1=O. The van der Waals surface area contributed by atoms with Gasteiger partial charge in [-0.2, -0.15) is 0 Å². The Hall–Kier alpha value is -0.990. The molecule has 0 aliphatic carbocycles. The minimum Gasteiger partial charge on any atom is -0.302 e. The third-order valence-corrected chi connectivity index (χ3v) is 3.02. The van der Waals surface area contributed by atoms with E-state index >= 15 is 0 Å². The van der Waals surface area contributed by atoms with Crippen LogP contribution in [0.3, 0.4) is 0 Å². The summed E-state index contributed by atoms with van der Waals surface area (Å²) in [4.78, 5) is 11.5. The Labute approximate surface area is 98.1 Å². The minimum atomic E-state index is 0.103. The average molecular weight is 224 g/mol. The van der Waals surface area contributed by atoms with Gasteiger partial charge in [0.1, 0.15) is 0 Å². The Bertz CT molecular complexity index is 338. The monoisotopic (exact) mass is 224 g/mol. The first-order chi connectivity index (χ1) is 7.75. The molecule has 0 fully saturated rings. The summed E-state index contributed by atoms with van der Waals surface area (Å²) in [5.74, 6) is 0. The van der Waals surface area contributed by atoms with Crippen LogP contribution in [0.25, 0.3) is 0 Å². The van der Waals surface area contributed by atoms with Crippen LogP contribution in [-0.4, -0.2) is 9.13 Å². The van der Waals surface area contributed by atoms with Gasteiger partial charge in [-0.05, 0) is 6.42 Å². The first kappa shape index (κ1) is 13.1. The highest BCUT2D eigenvalue weighted by atomic mass is 16.1. The predicted octanol–water partition coefficient (Wildman–Crippen LogP) is 2.94. The van der Waals surface area contributed by atoms with E-state index in [9.17, 15) is 4.79 Å². The zero-order chi connectivity index (χ0) is 11.8. The van der Waals surface area contributed by atoms with Gasteiger partial charge in [-0.1, -0.05) is 45.4 Å². The summed E-state index contributed by atoms with van der Waals surface area (Å²) in [6, 6.07) is 0. The molecule has 0 aliphatic heterocycles. The van der Waals surface area contributed by atoms with Gasteiger partial charge in [0.2, 0.25) is 0 Å². The summed E-state index contributed by atoms with van der Waals surface area (Å²) in [5.41, 5.74) is 0.103. The molecule has 92 valence electrons. The molecule has 0 saturated carbocycles. The molecule has 0 saturated heterocycles. The lowest BCUT2D eigenvalue weighted by molar-refractivity contribution is 0.539. The van der Waals surface area contributed by atoms with Crippen LogP contribution >= 0.6 is 0 Å². The minimum absolute atomic E-state index is 0.103. The summed E-state index contributed by atoms with van der Waals surface area (Å²) in [7, 11) is 1.80. The lowest BCUT2D eigenvalue weighted by Crippen LogP contribution is -2.21. The van der Waals surface area contributed by atoms with Crippen LogP contribution in [-0.2, 0) is 13.6 Å². The maximum atomic E-state index is 11.5. The number of hydrogen-bond acceptors (Lipinski definition) is 1. The van der Waals surface area contributed by atoms with Crippen molar-refractivity contribution in [2.24, 2.45) is 7.05 Å². The van der Waals surface area contributed by atoms with E-state index in [2.05, 4.69) is 6.92 Å². The zero-order valence-corrected chi connectivity index (χ0v) is 10.6. The number of aromatic nitrogens is 2. The fourth-order valence-electron chi connectivity index (χ4n) is 1.92. The molecule has 1 heterocycles. The van der Waals surface area contributed by atoms with E-state index in [4.69, 9.17) is 0 Å². The molecular formula is C13H24N2O. The second-order valence-electron chi connectivity index (χ2n) is 4.51. The van der Waals surface area contributed by atoms with E-state index in [1.807, 2.05) is 12.4 Å². The second-order valence-corrected chi connectivity index (χ2v) is 4.51. The molecule has 0 amide bonds. The van der Waals surface area contributed by atoms with Gasteiger partial charge in [0.05, 0.1) is 0 Å². The Morgan fingerprint density at radius 2 is 1.62 bits per heavy atom. The fraction of sp³-hybridized carbons (Fsp3) is 0.769. The third-order valence-electron chi connectivity index (χ3n) is 3.02. The van der Waals surface area contributed by atoms with Crippen molar-refractivity contribution in [3.63, 3.8) is 0 Å². The number of rotatable bonds is 8. The standard InChI is InChI=1S/C13H24N2O/c1-3-4-5-6-7-8-9-10-15-12-11-14(2)13(15)16/h11-12H,3-10H2,1-2H3. The summed E-state index contributed by atoms with van der Waals surface area (Å²) in [6.07, 6.45) is 12.7. The third kappa shape index (κ3) is 4.25. The van der Waals surface area contributed by atoms with Gasteiger partial charge < -0.3 is 4.57 Å². The Kier molecular flexibility index (Phi) is 5.98. The highest BCUT2D eigenvalue weighted by Crippen LogP contribution is 2.07. The van der Waals surface area contributed by atoms with Crippen molar-refractivity contribution in [1.82, 2.24) is 9.13 Å². The normalized spacial score (nSPS) is 10.9. The van der Waals surface area contributed by atoms with Gasteiger partial charge in [0.15, 0.2) is 0 Å². The summed E-state index contributed by atoms with van der Waals surface area (Å²) in [5, 5.41) is 0. The summed E-state index contributed by atoms with van der Waals surface area (Å²) in [6.45, 7) is 3.11. The molecule has 0 bridgehead atoms. The molecule has 1 rings (SSSR count). The lowest BCUT2D eigenvalue weighted by atomic mass is 10.1. The number of unbranched alkanes of at least 4 members (excludes halogenated alkanes) is 6. The van der Waals surface area contributed by atoms with Gasteiger partial charge >= 0.3 is 5.69 Å². The molecule has 3 heteroatoms. The molecule has 16 heavy (non-hydrogen) atoms.